The predicted molar refractivity (Wildman–Crippen MR) is 66.4 cm³/mol. The molecule has 90 valence electrons. The van der Waals surface area contributed by atoms with Gasteiger partial charge in [-0.25, -0.2) is 0 Å². The Balaban J connectivity index is 2.45. The van der Waals surface area contributed by atoms with Crippen LogP contribution in [0.5, 0.6) is 6.01 Å². The standard InChI is InChI=1S/C12H16N4O/c1-4-17-12-14-11(13)16(15-12)10-6-5-8(2)7-9(10)3/h5-7H,4H2,1-3H3,(H2,13,14,15). The van der Waals surface area contributed by atoms with Gasteiger partial charge in [-0.1, -0.05) is 17.7 Å². The topological polar surface area (TPSA) is 66.0 Å². The lowest BCUT2D eigenvalue weighted by molar-refractivity contribution is 0.312. The number of nitrogens with two attached hydrogens (primary N) is 1. The molecule has 0 amide bonds. The molecule has 0 aliphatic rings. The van der Waals surface area contributed by atoms with Crippen LogP contribution in [0.4, 0.5) is 5.95 Å². The van der Waals surface area contributed by atoms with Crippen molar-refractivity contribution in [3.63, 3.8) is 0 Å². The quantitative estimate of drug-likeness (QED) is 0.877. The van der Waals surface area contributed by atoms with Gasteiger partial charge in [-0.2, -0.15) is 9.67 Å². The van der Waals surface area contributed by atoms with Gasteiger partial charge in [0.05, 0.1) is 12.3 Å². The summed E-state index contributed by atoms with van der Waals surface area (Å²) in [5, 5.41) is 4.22. The number of ether oxygens (including phenoxy) is 1. The van der Waals surface area contributed by atoms with Crippen molar-refractivity contribution in [2.24, 2.45) is 0 Å². The third-order valence-corrected chi connectivity index (χ3v) is 2.47. The van der Waals surface area contributed by atoms with Gasteiger partial charge in [0, 0.05) is 0 Å². The van der Waals surface area contributed by atoms with Crippen LogP contribution in [0.25, 0.3) is 5.69 Å². The first-order chi connectivity index (χ1) is 8.11. The predicted octanol–water partition coefficient (Wildman–Crippen LogP) is 1.87. The number of benzene rings is 1. The highest BCUT2D eigenvalue weighted by Crippen LogP contribution is 2.19. The number of nitrogen functional groups attached to an aromatic ring is 1. The summed E-state index contributed by atoms with van der Waals surface area (Å²) in [6.45, 7) is 6.47. The van der Waals surface area contributed by atoms with Gasteiger partial charge in [-0.15, -0.1) is 5.10 Å². The van der Waals surface area contributed by atoms with E-state index in [1.165, 1.54) is 5.56 Å². The largest absolute Gasteiger partial charge is 0.463 e. The summed E-state index contributed by atoms with van der Waals surface area (Å²) in [5.41, 5.74) is 9.05. The van der Waals surface area contributed by atoms with Crippen LogP contribution < -0.4 is 10.5 Å². The van der Waals surface area contributed by atoms with E-state index >= 15 is 0 Å². The molecule has 0 saturated carbocycles. The van der Waals surface area contributed by atoms with Crippen molar-refractivity contribution >= 4 is 5.95 Å². The molecule has 5 heteroatoms. The molecule has 1 heterocycles. The molecular formula is C12H16N4O. The number of aryl methyl sites for hydroxylation is 2. The van der Waals surface area contributed by atoms with Crippen LogP contribution in [0, 0.1) is 13.8 Å². The molecule has 0 saturated heterocycles. The molecular weight excluding hydrogens is 216 g/mol. The van der Waals surface area contributed by atoms with Crippen molar-refractivity contribution in [1.29, 1.82) is 0 Å². The van der Waals surface area contributed by atoms with Crippen LogP contribution in [0.3, 0.4) is 0 Å². The number of anilines is 1. The maximum atomic E-state index is 5.82. The Hall–Kier alpha value is -2.04. The Labute approximate surface area is 100 Å². The van der Waals surface area contributed by atoms with Gasteiger partial charge in [0.1, 0.15) is 0 Å². The monoisotopic (exact) mass is 232 g/mol. The van der Waals surface area contributed by atoms with Crippen LogP contribution in [0.15, 0.2) is 18.2 Å². The number of hydrogen-bond acceptors (Lipinski definition) is 4. The molecule has 1 aromatic carbocycles. The molecule has 0 spiro atoms. The number of aromatic nitrogens is 3. The first-order valence-corrected chi connectivity index (χ1v) is 5.54. The van der Waals surface area contributed by atoms with E-state index in [9.17, 15) is 0 Å². The molecule has 0 bridgehead atoms. The molecule has 2 aromatic rings. The van der Waals surface area contributed by atoms with Gasteiger partial charge in [0.2, 0.25) is 5.95 Å². The third-order valence-electron chi connectivity index (χ3n) is 2.47. The lowest BCUT2D eigenvalue weighted by Gasteiger charge is -2.06. The second-order valence-corrected chi connectivity index (χ2v) is 3.89. The van der Waals surface area contributed by atoms with Gasteiger partial charge in [0.15, 0.2) is 0 Å². The summed E-state index contributed by atoms with van der Waals surface area (Å²) in [5.74, 6) is 0.334. The molecule has 0 atom stereocenters. The fourth-order valence-electron chi connectivity index (χ4n) is 1.72. The summed E-state index contributed by atoms with van der Waals surface area (Å²) in [7, 11) is 0. The summed E-state index contributed by atoms with van der Waals surface area (Å²) in [4.78, 5) is 4.05. The van der Waals surface area contributed by atoms with Crippen LogP contribution in [-0.2, 0) is 0 Å². The summed E-state index contributed by atoms with van der Waals surface area (Å²) in [6.07, 6.45) is 0. The zero-order chi connectivity index (χ0) is 12.4. The van der Waals surface area contributed by atoms with E-state index in [4.69, 9.17) is 10.5 Å². The average molecular weight is 232 g/mol. The molecule has 2 N–H and O–H groups in total. The van der Waals surface area contributed by atoms with Crippen molar-refractivity contribution in [2.75, 3.05) is 12.3 Å². The van der Waals surface area contributed by atoms with Gasteiger partial charge in [0.25, 0.3) is 0 Å². The number of rotatable bonds is 3. The first kappa shape index (κ1) is 11.4. The van der Waals surface area contributed by atoms with E-state index in [-0.39, 0.29) is 0 Å². The van der Waals surface area contributed by atoms with Crippen LogP contribution in [0.1, 0.15) is 18.1 Å². The minimum atomic E-state index is 0.310. The van der Waals surface area contributed by atoms with Crippen LogP contribution in [-0.4, -0.2) is 21.4 Å². The Bertz CT molecular complexity index is 533. The van der Waals surface area contributed by atoms with Gasteiger partial charge >= 0.3 is 6.01 Å². The molecule has 2 rings (SSSR count). The second kappa shape index (κ2) is 4.45. The fourth-order valence-corrected chi connectivity index (χ4v) is 1.72. The van der Waals surface area contributed by atoms with Crippen molar-refractivity contribution in [1.82, 2.24) is 14.8 Å². The van der Waals surface area contributed by atoms with Crippen molar-refractivity contribution < 1.29 is 4.74 Å². The maximum Gasteiger partial charge on any atom is 0.337 e. The lowest BCUT2D eigenvalue weighted by Crippen LogP contribution is -2.04. The smallest absolute Gasteiger partial charge is 0.337 e. The van der Waals surface area contributed by atoms with Gasteiger partial charge in [-0.05, 0) is 32.4 Å². The summed E-state index contributed by atoms with van der Waals surface area (Å²) < 4.78 is 6.83. The Morgan fingerprint density at radius 1 is 1.35 bits per heavy atom. The van der Waals surface area contributed by atoms with Crippen LogP contribution in [0.2, 0.25) is 0 Å². The lowest BCUT2D eigenvalue weighted by atomic mass is 10.1. The maximum absolute atomic E-state index is 5.82. The van der Waals surface area contributed by atoms with Crippen molar-refractivity contribution in [3.8, 4) is 11.7 Å². The number of hydrogen-bond donors (Lipinski definition) is 1. The van der Waals surface area contributed by atoms with Gasteiger partial charge < -0.3 is 10.5 Å². The second-order valence-electron chi connectivity index (χ2n) is 3.89. The third kappa shape index (κ3) is 2.22. The first-order valence-electron chi connectivity index (χ1n) is 5.54. The fraction of sp³-hybridized carbons (Fsp3) is 0.333. The van der Waals surface area contributed by atoms with Crippen molar-refractivity contribution in [2.45, 2.75) is 20.8 Å². The minimum Gasteiger partial charge on any atom is -0.463 e. The van der Waals surface area contributed by atoms with E-state index in [2.05, 4.69) is 16.1 Å². The van der Waals surface area contributed by atoms with E-state index in [1.807, 2.05) is 32.9 Å². The minimum absolute atomic E-state index is 0.310. The Morgan fingerprint density at radius 2 is 2.12 bits per heavy atom. The zero-order valence-electron chi connectivity index (χ0n) is 10.3. The molecule has 17 heavy (non-hydrogen) atoms. The molecule has 1 aromatic heterocycles. The Morgan fingerprint density at radius 3 is 2.76 bits per heavy atom. The van der Waals surface area contributed by atoms with Gasteiger partial charge in [-0.3, -0.25) is 0 Å². The molecule has 0 unspecified atom stereocenters. The molecule has 5 nitrogen and oxygen atoms in total. The molecule has 0 radical (unpaired) electrons. The van der Waals surface area contributed by atoms with E-state index in [0.29, 0.717) is 18.6 Å². The van der Waals surface area contributed by atoms with E-state index < -0.39 is 0 Å². The van der Waals surface area contributed by atoms with E-state index in [1.54, 1.807) is 4.68 Å². The summed E-state index contributed by atoms with van der Waals surface area (Å²) >= 11 is 0. The SMILES string of the molecule is CCOc1nc(N)n(-c2ccc(C)cc2C)n1. The van der Waals surface area contributed by atoms with E-state index in [0.717, 1.165) is 11.3 Å². The highest BCUT2D eigenvalue weighted by Gasteiger charge is 2.11. The van der Waals surface area contributed by atoms with Crippen molar-refractivity contribution in [3.05, 3.63) is 29.3 Å². The normalized spacial score (nSPS) is 10.5. The summed E-state index contributed by atoms with van der Waals surface area (Å²) in [6, 6.07) is 6.39. The average Bonchev–Trinajstić information content (AvgIpc) is 2.60. The number of nitrogens with zero attached hydrogens (tertiary/aromatic N) is 3. The highest BCUT2D eigenvalue weighted by atomic mass is 16.5. The molecule has 0 aliphatic heterocycles. The van der Waals surface area contributed by atoms with Crippen LogP contribution >= 0.6 is 0 Å². The zero-order valence-corrected chi connectivity index (χ0v) is 10.3. The molecule has 0 aliphatic carbocycles. The Kier molecular flexibility index (Phi) is 2.99. The molecule has 0 fully saturated rings. The highest BCUT2D eigenvalue weighted by molar-refractivity contribution is 5.45.